The Bertz CT molecular complexity index is 1110. The molecule has 0 aliphatic rings. The molecule has 1 amide bonds. The Balaban J connectivity index is 1.70. The highest BCUT2D eigenvalue weighted by Gasteiger charge is 2.22. The smallest absolute Gasteiger partial charge is 0.260 e. The summed E-state index contributed by atoms with van der Waals surface area (Å²) in [6.45, 7) is 0.882. The number of halogens is 1. The number of rotatable bonds is 6. The van der Waals surface area contributed by atoms with Crippen LogP contribution in [0.2, 0.25) is 0 Å². The van der Waals surface area contributed by atoms with Gasteiger partial charge in [0.15, 0.2) is 5.13 Å². The van der Waals surface area contributed by atoms with Gasteiger partial charge in [-0.15, -0.1) is 0 Å². The van der Waals surface area contributed by atoms with Crippen LogP contribution < -0.4 is 9.64 Å². The number of hydrogen-bond donors (Lipinski definition) is 0. The summed E-state index contributed by atoms with van der Waals surface area (Å²) in [4.78, 5) is 19.4. The first-order valence-electron chi connectivity index (χ1n) is 8.63. The molecule has 0 saturated carbocycles. The third-order valence-corrected chi connectivity index (χ3v) is 5.28. The molecule has 0 saturated heterocycles. The summed E-state index contributed by atoms with van der Waals surface area (Å²) < 4.78 is 21.2. The molecule has 0 bridgehead atoms. The van der Waals surface area contributed by atoms with Crippen molar-refractivity contribution in [3.8, 4) is 5.75 Å². The van der Waals surface area contributed by atoms with Crippen LogP contribution in [-0.4, -0.2) is 34.3 Å². The molecule has 0 radical (unpaired) electrons. The van der Waals surface area contributed by atoms with Gasteiger partial charge in [0.25, 0.3) is 5.91 Å². The number of carbonyl (C=O) groups is 1. The highest BCUT2D eigenvalue weighted by molar-refractivity contribution is 7.22. The van der Waals surface area contributed by atoms with Crippen molar-refractivity contribution in [2.24, 2.45) is 0 Å². The van der Waals surface area contributed by atoms with E-state index in [0.29, 0.717) is 39.8 Å². The van der Waals surface area contributed by atoms with Crippen LogP contribution in [0.25, 0.3) is 10.2 Å². The quantitative estimate of drug-likeness (QED) is 0.495. The molecule has 142 valence electrons. The normalized spacial score (nSPS) is 10.9. The number of ether oxygens (including phenoxy) is 1. The standard InChI is InChI=1S/C20H17FN4O2S/c1-27-16-5-2-4-14(12-16)19(26)25(11-10-24-9-3-8-22-24)20-23-17-7-6-15(21)13-18(17)28-20/h2-9,12-13H,10-11H2,1H3. The van der Waals surface area contributed by atoms with E-state index < -0.39 is 0 Å². The molecule has 0 spiro atoms. The highest BCUT2D eigenvalue weighted by Crippen LogP contribution is 2.30. The lowest BCUT2D eigenvalue weighted by Crippen LogP contribution is -2.34. The van der Waals surface area contributed by atoms with Gasteiger partial charge in [0.05, 0.1) is 23.9 Å². The van der Waals surface area contributed by atoms with Crippen molar-refractivity contribution < 1.29 is 13.9 Å². The molecular weight excluding hydrogens is 379 g/mol. The van der Waals surface area contributed by atoms with E-state index in [1.54, 1.807) is 53.2 Å². The maximum absolute atomic E-state index is 13.6. The Morgan fingerprint density at radius 2 is 2.14 bits per heavy atom. The van der Waals surface area contributed by atoms with Crippen LogP contribution in [0.5, 0.6) is 5.75 Å². The molecule has 0 fully saturated rings. The van der Waals surface area contributed by atoms with E-state index in [0.717, 1.165) is 0 Å². The zero-order valence-corrected chi connectivity index (χ0v) is 15.9. The van der Waals surface area contributed by atoms with Gasteiger partial charge in [0, 0.05) is 24.5 Å². The largest absolute Gasteiger partial charge is 0.497 e. The minimum atomic E-state index is -0.329. The SMILES string of the molecule is COc1cccc(C(=O)N(CCn2cccn2)c2nc3ccc(F)cc3s2)c1. The molecule has 0 N–H and O–H groups in total. The van der Waals surface area contributed by atoms with Crippen LogP contribution in [0, 0.1) is 5.82 Å². The summed E-state index contributed by atoms with van der Waals surface area (Å²) in [7, 11) is 1.56. The number of methoxy groups -OCH3 is 1. The zero-order valence-electron chi connectivity index (χ0n) is 15.1. The van der Waals surface area contributed by atoms with Gasteiger partial charge in [0.1, 0.15) is 11.6 Å². The van der Waals surface area contributed by atoms with Gasteiger partial charge in [-0.25, -0.2) is 9.37 Å². The second-order valence-corrected chi connectivity index (χ2v) is 7.08. The van der Waals surface area contributed by atoms with Crippen LogP contribution in [0.3, 0.4) is 0 Å². The molecule has 6 nitrogen and oxygen atoms in total. The van der Waals surface area contributed by atoms with Crippen LogP contribution >= 0.6 is 11.3 Å². The van der Waals surface area contributed by atoms with E-state index in [9.17, 15) is 9.18 Å². The number of nitrogens with zero attached hydrogens (tertiary/aromatic N) is 4. The molecule has 2 heterocycles. The van der Waals surface area contributed by atoms with Crippen molar-refractivity contribution in [1.82, 2.24) is 14.8 Å². The predicted octanol–water partition coefficient (Wildman–Crippen LogP) is 3.99. The molecule has 4 rings (SSSR count). The summed E-state index contributed by atoms with van der Waals surface area (Å²) in [5.41, 5.74) is 1.15. The average molecular weight is 396 g/mol. The minimum absolute atomic E-state index is 0.203. The Labute approximate surface area is 164 Å². The van der Waals surface area contributed by atoms with Crippen molar-refractivity contribution in [1.29, 1.82) is 0 Å². The van der Waals surface area contributed by atoms with Crippen LogP contribution in [0.15, 0.2) is 60.9 Å². The van der Waals surface area contributed by atoms with Gasteiger partial charge in [-0.2, -0.15) is 5.10 Å². The van der Waals surface area contributed by atoms with Crippen molar-refractivity contribution in [3.05, 3.63) is 72.3 Å². The van der Waals surface area contributed by atoms with Crippen LogP contribution in [0.4, 0.5) is 9.52 Å². The second kappa shape index (κ2) is 7.77. The van der Waals surface area contributed by atoms with Crippen LogP contribution in [0.1, 0.15) is 10.4 Å². The summed E-state index contributed by atoms with van der Waals surface area (Å²) in [6, 6.07) is 13.2. The maximum Gasteiger partial charge on any atom is 0.260 e. The Morgan fingerprint density at radius 1 is 1.25 bits per heavy atom. The summed E-state index contributed by atoms with van der Waals surface area (Å²) in [5, 5.41) is 4.70. The fraction of sp³-hybridized carbons (Fsp3) is 0.150. The number of aromatic nitrogens is 3. The minimum Gasteiger partial charge on any atom is -0.497 e. The topological polar surface area (TPSA) is 60.2 Å². The summed E-state index contributed by atoms with van der Waals surface area (Å²) in [6.07, 6.45) is 3.52. The highest BCUT2D eigenvalue weighted by atomic mass is 32.1. The molecular formula is C20H17FN4O2S. The molecule has 4 aromatic rings. The monoisotopic (exact) mass is 396 g/mol. The fourth-order valence-electron chi connectivity index (χ4n) is 2.83. The molecule has 2 aromatic heterocycles. The maximum atomic E-state index is 13.6. The van der Waals surface area contributed by atoms with Gasteiger partial charge in [-0.05, 0) is 42.5 Å². The predicted molar refractivity (Wildman–Crippen MR) is 106 cm³/mol. The molecule has 0 aliphatic heterocycles. The number of carbonyl (C=O) groups excluding carboxylic acids is 1. The Kier molecular flexibility index (Phi) is 5.03. The molecule has 28 heavy (non-hydrogen) atoms. The lowest BCUT2D eigenvalue weighted by atomic mass is 10.2. The van der Waals surface area contributed by atoms with Gasteiger partial charge in [-0.1, -0.05) is 17.4 Å². The first-order valence-corrected chi connectivity index (χ1v) is 9.45. The number of amides is 1. The first kappa shape index (κ1) is 18.1. The Morgan fingerprint density at radius 3 is 2.93 bits per heavy atom. The van der Waals surface area contributed by atoms with E-state index in [2.05, 4.69) is 10.1 Å². The van der Waals surface area contributed by atoms with Gasteiger partial charge < -0.3 is 4.74 Å². The van der Waals surface area contributed by atoms with E-state index in [4.69, 9.17) is 4.74 Å². The molecule has 2 aromatic carbocycles. The molecule has 0 unspecified atom stereocenters. The first-order chi connectivity index (χ1) is 13.6. The lowest BCUT2D eigenvalue weighted by molar-refractivity contribution is 0.0985. The summed E-state index contributed by atoms with van der Waals surface area (Å²) in [5.74, 6) is 0.0692. The fourth-order valence-corrected chi connectivity index (χ4v) is 3.85. The van der Waals surface area contributed by atoms with E-state index in [-0.39, 0.29) is 11.7 Å². The number of fused-ring (bicyclic) bond motifs is 1. The third kappa shape index (κ3) is 3.72. The van der Waals surface area contributed by atoms with Gasteiger partial charge >= 0.3 is 0 Å². The Hall–Kier alpha value is -3.26. The van der Waals surface area contributed by atoms with E-state index >= 15 is 0 Å². The van der Waals surface area contributed by atoms with Crippen molar-refractivity contribution in [2.45, 2.75) is 6.54 Å². The number of thiazole rings is 1. The number of anilines is 1. The van der Waals surface area contributed by atoms with Gasteiger partial charge in [-0.3, -0.25) is 14.4 Å². The third-order valence-electron chi connectivity index (χ3n) is 4.24. The van der Waals surface area contributed by atoms with E-state index in [1.165, 1.54) is 23.5 Å². The molecule has 0 atom stereocenters. The van der Waals surface area contributed by atoms with E-state index in [1.807, 2.05) is 12.3 Å². The van der Waals surface area contributed by atoms with Crippen LogP contribution in [-0.2, 0) is 6.54 Å². The number of benzene rings is 2. The second-order valence-electron chi connectivity index (χ2n) is 6.07. The summed E-state index contributed by atoms with van der Waals surface area (Å²) >= 11 is 1.28. The van der Waals surface area contributed by atoms with Crippen molar-refractivity contribution in [3.63, 3.8) is 0 Å². The number of hydrogen-bond acceptors (Lipinski definition) is 5. The van der Waals surface area contributed by atoms with Crippen molar-refractivity contribution >= 4 is 32.6 Å². The average Bonchev–Trinajstić information content (AvgIpc) is 3.37. The lowest BCUT2D eigenvalue weighted by Gasteiger charge is -2.20. The van der Waals surface area contributed by atoms with Crippen molar-refractivity contribution in [2.75, 3.05) is 18.6 Å². The molecule has 0 aliphatic carbocycles. The molecule has 8 heteroatoms. The zero-order chi connectivity index (χ0) is 19.5. The van der Waals surface area contributed by atoms with Gasteiger partial charge in [0.2, 0.25) is 0 Å².